The van der Waals surface area contributed by atoms with Crippen molar-refractivity contribution in [3.05, 3.63) is 22.4 Å². The third-order valence-electron chi connectivity index (χ3n) is 5.08. The molecule has 26 heavy (non-hydrogen) atoms. The Labute approximate surface area is 158 Å². The van der Waals surface area contributed by atoms with E-state index in [0.29, 0.717) is 39.3 Å². The molecule has 3 rings (SSSR count). The molecule has 142 valence electrons. The van der Waals surface area contributed by atoms with E-state index in [0.717, 1.165) is 31.6 Å². The van der Waals surface area contributed by atoms with Gasteiger partial charge in [-0.05, 0) is 17.9 Å². The highest BCUT2D eigenvalue weighted by Gasteiger charge is 2.25. The van der Waals surface area contributed by atoms with Gasteiger partial charge in [-0.15, -0.1) is 0 Å². The summed E-state index contributed by atoms with van der Waals surface area (Å²) >= 11 is 1.53. The standard InChI is InChI=1S/C18H26N4O3S/c1-15(23)20-8-10-21(11-9-20)17(24)13-19-4-2-5-22(7-6-19)18(25)16-3-12-26-14-16/h3,12,14H,2,4-11,13H2,1H3. The summed E-state index contributed by atoms with van der Waals surface area (Å²) in [5, 5.41) is 3.80. The van der Waals surface area contributed by atoms with Crippen molar-refractivity contribution in [1.82, 2.24) is 19.6 Å². The fourth-order valence-electron chi connectivity index (χ4n) is 3.46. The Morgan fingerprint density at radius 1 is 0.923 bits per heavy atom. The Morgan fingerprint density at radius 2 is 1.62 bits per heavy atom. The molecule has 3 amide bonds. The van der Waals surface area contributed by atoms with Crippen molar-refractivity contribution < 1.29 is 14.4 Å². The first-order chi connectivity index (χ1) is 12.5. The molecule has 2 fully saturated rings. The maximum Gasteiger partial charge on any atom is 0.254 e. The van der Waals surface area contributed by atoms with Crippen LogP contribution in [0.1, 0.15) is 23.7 Å². The van der Waals surface area contributed by atoms with Crippen molar-refractivity contribution in [1.29, 1.82) is 0 Å². The van der Waals surface area contributed by atoms with Crippen molar-refractivity contribution in [3.8, 4) is 0 Å². The molecule has 3 heterocycles. The summed E-state index contributed by atoms with van der Waals surface area (Å²) in [6, 6.07) is 1.86. The monoisotopic (exact) mass is 378 g/mol. The molecule has 2 aliphatic heterocycles. The Hall–Kier alpha value is -1.93. The molecular weight excluding hydrogens is 352 g/mol. The average molecular weight is 378 g/mol. The number of rotatable bonds is 3. The van der Waals surface area contributed by atoms with Crippen LogP contribution in [0.2, 0.25) is 0 Å². The van der Waals surface area contributed by atoms with Crippen LogP contribution in [0, 0.1) is 0 Å². The summed E-state index contributed by atoms with van der Waals surface area (Å²) in [4.78, 5) is 44.1. The lowest BCUT2D eigenvalue weighted by Gasteiger charge is -2.35. The minimum Gasteiger partial charge on any atom is -0.339 e. The predicted octanol–water partition coefficient (Wildman–Crippen LogP) is 0.587. The second-order valence-electron chi connectivity index (χ2n) is 6.82. The van der Waals surface area contributed by atoms with Crippen LogP contribution < -0.4 is 0 Å². The molecular formula is C18H26N4O3S. The lowest BCUT2D eigenvalue weighted by atomic mass is 10.3. The molecule has 0 saturated carbocycles. The Balaban J connectivity index is 1.47. The predicted molar refractivity (Wildman–Crippen MR) is 100 cm³/mol. The van der Waals surface area contributed by atoms with E-state index < -0.39 is 0 Å². The SMILES string of the molecule is CC(=O)N1CCN(C(=O)CN2CCCN(C(=O)c3ccsc3)CC2)CC1. The van der Waals surface area contributed by atoms with Gasteiger partial charge in [0.15, 0.2) is 0 Å². The molecule has 0 N–H and O–H groups in total. The summed E-state index contributed by atoms with van der Waals surface area (Å²) in [6.45, 7) is 7.33. The van der Waals surface area contributed by atoms with E-state index in [1.807, 2.05) is 26.6 Å². The molecule has 2 saturated heterocycles. The number of carbonyl (C=O) groups is 3. The van der Waals surface area contributed by atoms with E-state index in [-0.39, 0.29) is 17.7 Å². The van der Waals surface area contributed by atoms with E-state index in [4.69, 9.17) is 0 Å². The van der Waals surface area contributed by atoms with Crippen molar-refractivity contribution in [2.75, 3.05) is 58.9 Å². The first-order valence-electron chi connectivity index (χ1n) is 9.11. The van der Waals surface area contributed by atoms with Crippen molar-refractivity contribution >= 4 is 29.1 Å². The summed E-state index contributed by atoms with van der Waals surface area (Å²) in [5.41, 5.74) is 0.753. The topological polar surface area (TPSA) is 64.2 Å². The minimum atomic E-state index is 0.0694. The van der Waals surface area contributed by atoms with Gasteiger partial charge in [0.1, 0.15) is 0 Å². The summed E-state index contributed by atoms with van der Waals surface area (Å²) in [6.07, 6.45) is 0.876. The average Bonchev–Trinajstić information content (AvgIpc) is 3.08. The van der Waals surface area contributed by atoms with Crippen LogP contribution in [0.15, 0.2) is 16.8 Å². The highest BCUT2D eigenvalue weighted by atomic mass is 32.1. The number of hydrogen-bond acceptors (Lipinski definition) is 5. The first-order valence-corrected chi connectivity index (χ1v) is 10.1. The quantitative estimate of drug-likeness (QED) is 0.772. The molecule has 0 atom stereocenters. The molecule has 0 aliphatic carbocycles. The van der Waals surface area contributed by atoms with Gasteiger partial charge < -0.3 is 14.7 Å². The third-order valence-corrected chi connectivity index (χ3v) is 5.76. The zero-order chi connectivity index (χ0) is 18.5. The van der Waals surface area contributed by atoms with Crippen LogP contribution in [-0.4, -0.2) is 96.2 Å². The normalized spacial score (nSPS) is 19.3. The highest BCUT2D eigenvalue weighted by Crippen LogP contribution is 2.12. The minimum absolute atomic E-state index is 0.0694. The lowest BCUT2D eigenvalue weighted by molar-refractivity contribution is -0.139. The van der Waals surface area contributed by atoms with Crippen LogP contribution >= 0.6 is 11.3 Å². The molecule has 1 aromatic rings. The Morgan fingerprint density at radius 3 is 2.27 bits per heavy atom. The third kappa shape index (κ3) is 4.62. The van der Waals surface area contributed by atoms with E-state index in [1.165, 1.54) is 11.3 Å². The van der Waals surface area contributed by atoms with Crippen LogP contribution in [-0.2, 0) is 9.59 Å². The Kier molecular flexibility index (Phi) is 6.26. The molecule has 0 spiro atoms. The zero-order valence-corrected chi connectivity index (χ0v) is 16.0. The zero-order valence-electron chi connectivity index (χ0n) is 15.2. The van der Waals surface area contributed by atoms with Gasteiger partial charge in [-0.2, -0.15) is 11.3 Å². The summed E-state index contributed by atoms with van der Waals surface area (Å²) < 4.78 is 0. The first kappa shape index (κ1) is 18.8. The second kappa shape index (κ2) is 8.64. The van der Waals surface area contributed by atoms with Crippen LogP contribution in [0.4, 0.5) is 0 Å². The van der Waals surface area contributed by atoms with E-state index in [2.05, 4.69) is 4.90 Å². The van der Waals surface area contributed by atoms with Crippen LogP contribution in [0.3, 0.4) is 0 Å². The lowest BCUT2D eigenvalue weighted by Crippen LogP contribution is -2.52. The van der Waals surface area contributed by atoms with Gasteiger partial charge in [-0.1, -0.05) is 0 Å². The van der Waals surface area contributed by atoms with Gasteiger partial charge in [0, 0.05) is 64.7 Å². The fourth-order valence-corrected chi connectivity index (χ4v) is 4.09. The molecule has 8 heteroatoms. The van der Waals surface area contributed by atoms with Crippen LogP contribution in [0.25, 0.3) is 0 Å². The largest absolute Gasteiger partial charge is 0.339 e. The number of nitrogens with zero attached hydrogens (tertiary/aromatic N) is 4. The maximum atomic E-state index is 12.6. The van der Waals surface area contributed by atoms with Gasteiger partial charge in [0.25, 0.3) is 5.91 Å². The molecule has 0 unspecified atom stereocenters. The summed E-state index contributed by atoms with van der Waals surface area (Å²) in [7, 11) is 0. The van der Waals surface area contributed by atoms with Gasteiger partial charge >= 0.3 is 0 Å². The molecule has 0 radical (unpaired) electrons. The maximum absolute atomic E-state index is 12.6. The van der Waals surface area contributed by atoms with Gasteiger partial charge in [-0.3, -0.25) is 19.3 Å². The Bertz CT molecular complexity index is 641. The molecule has 0 bridgehead atoms. The van der Waals surface area contributed by atoms with Crippen molar-refractivity contribution in [2.24, 2.45) is 0 Å². The molecule has 2 aliphatic rings. The van der Waals surface area contributed by atoms with E-state index >= 15 is 0 Å². The second-order valence-corrected chi connectivity index (χ2v) is 7.60. The molecule has 7 nitrogen and oxygen atoms in total. The number of piperazine rings is 1. The number of carbonyl (C=O) groups excluding carboxylic acids is 3. The van der Waals surface area contributed by atoms with E-state index in [1.54, 1.807) is 11.8 Å². The van der Waals surface area contributed by atoms with Crippen LogP contribution in [0.5, 0.6) is 0 Å². The number of hydrogen-bond donors (Lipinski definition) is 0. The van der Waals surface area contributed by atoms with Crippen molar-refractivity contribution in [2.45, 2.75) is 13.3 Å². The van der Waals surface area contributed by atoms with Gasteiger partial charge in [0.2, 0.25) is 11.8 Å². The molecule has 0 aromatic carbocycles. The van der Waals surface area contributed by atoms with Gasteiger partial charge in [-0.25, -0.2) is 0 Å². The number of amides is 3. The smallest absolute Gasteiger partial charge is 0.254 e. The van der Waals surface area contributed by atoms with Crippen molar-refractivity contribution in [3.63, 3.8) is 0 Å². The highest BCUT2D eigenvalue weighted by molar-refractivity contribution is 7.08. The number of thiophene rings is 1. The van der Waals surface area contributed by atoms with Gasteiger partial charge in [0.05, 0.1) is 12.1 Å². The fraction of sp³-hybridized carbons (Fsp3) is 0.611. The summed E-state index contributed by atoms with van der Waals surface area (Å²) in [5.74, 6) is 0.269. The van der Waals surface area contributed by atoms with E-state index in [9.17, 15) is 14.4 Å². The molecule has 1 aromatic heterocycles.